The Kier molecular flexibility index (Phi) is 7.85. The molecule has 0 fully saturated rings. The Morgan fingerprint density at radius 3 is 2.95 bits per heavy atom. The number of rotatable bonds is 5. The van der Waals surface area contributed by atoms with E-state index in [4.69, 9.17) is 4.74 Å². The largest absolute Gasteiger partial charge is 0.493 e. The Labute approximate surface area is 144 Å². The lowest BCUT2D eigenvalue weighted by Gasteiger charge is -2.16. The van der Waals surface area contributed by atoms with Crippen molar-refractivity contribution < 1.29 is 4.74 Å². The zero-order valence-electron chi connectivity index (χ0n) is 13.1. The first-order valence-corrected chi connectivity index (χ1v) is 7.44. The van der Waals surface area contributed by atoms with Crippen molar-refractivity contribution in [3.63, 3.8) is 0 Å². The number of ether oxygens (including phenoxy) is 1. The van der Waals surface area contributed by atoms with Crippen LogP contribution in [0.4, 0.5) is 0 Å². The maximum absolute atomic E-state index is 5.52. The second kappa shape index (κ2) is 9.12. The van der Waals surface area contributed by atoms with Gasteiger partial charge in [0, 0.05) is 26.1 Å². The van der Waals surface area contributed by atoms with E-state index in [-0.39, 0.29) is 24.0 Å². The number of guanidine groups is 1. The molecule has 1 atom stereocenters. The number of nitrogens with zero attached hydrogens (tertiary/aromatic N) is 1. The van der Waals surface area contributed by atoms with E-state index in [9.17, 15) is 0 Å². The molecule has 1 heterocycles. The number of nitrogens with one attached hydrogen (secondary N) is 2. The first-order chi connectivity index (χ1) is 9.72. The number of hydrogen-bond donors (Lipinski definition) is 2. The Morgan fingerprint density at radius 2 is 2.24 bits per heavy atom. The van der Waals surface area contributed by atoms with Crippen LogP contribution in [0.5, 0.6) is 5.75 Å². The molecular weight excluding hydrogens is 377 g/mol. The third-order valence-corrected chi connectivity index (χ3v) is 3.68. The minimum Gasteiger partial charge on any atom is -0.493 e. The predicted octanol–water partition coefficient (Wildman–Crippen LogP) is 2.75. The van der Waals surface area contributed by atoms with Crippen LogP contribution in [0, 0.1) is 0 Å². The predicted molar refractivity (Wildman–Crippen MR) is 99.0 cm³/mol. The second-order valence-corrected chi connectivity index (χ2v) is 5.24. The highest BCUT2D eigenvalue weighted by Crippen LogP contribution is 2.25. The molecule has 0 aromatic heterocycles. The average molecular weight is 403 g/mol. The Hall–Kier alpha value is -0.980. The van der Waals surface area contributed by atoms with E-state index in [0.717, 1.165) is 44.1 Å². The van der Waals surface area contributed by atoms with Gasteiger partial charge in [-0.3, -0.25) is 4.99 Å². The van der Waals surface area contributed by atoms with Crippen molar-refractivity contribution in [2.75, 3.05) is 20.2 Å². The summed E-state index contributed by atoms with van der Waals surface area (Å²) >= 11 is 0. The standard InChI is InChI=1S/C16H25N3O.HI/c1-4-12(2)19-16(17-3)18-9-7-13-5-6-15-14(11-13)8-10-20-15;/h5-6,11-12H,4,7-10H2,1-3H3,(H2,17,18,19);1H. The van der Waals surface area contributed by atoms with E-state index in [1.165, 1.54) is 11.1 Å². The van der Waals surface area contributed by atoms with Crippen LogP contribution in [0.3, 0.4) is 0 Å². The monoisotopic (exact) mass is 403 g/mol. The molecule has 0 bridgehead atoms. The maximum atomic E-state index is 5.52. The van der Waals surface area contributed by atoms with Crippen molar-refractivity contribution in [3.8, 4) is 5.75 Å². The van der Waals surface area contributed by atoms with Gasteiger partial charge in [-0.05, 0) is 37.0 Å². The summed E-state index contributed by atoms with van der Waals surface area (Å²) in [5.41, 5.74) is 2.69. The molecule has 0 amide bonds. The third kappa shape index (κ3) is 5.37. The van der Waals surface area contributed by atoms with E-state index < -0.39 is 0 Å². The lowest BCUT2D eigenvalue weighted by molar-refractivity contribution is 0.357. The molecule has 4 nitrogen and oxygen atoms in total. The first-order valence-electron chi connectivity index (χ1n) is 7.44. The number of fused-ring (bicyclic) bond motifs is 1. The van der Waals surface area contributed by atoms with Crippen LogP contribution in [0.15, 0.2) is 23.2 Å². The van der Waals surface area contributed by atoms with Gasteiger partial charge >= 0.3 is 0 Å². The number of hydrogen-bond acceptors (Lipinski definition) is 2. The SMILES string of the molecule is CCC(C)NC(=NC)NCCc1ccc2c(c1)CCO2.I. The molecule has 0 radical (unpaired) electrons. The fourth-order valence-electron chi connectivity index (χ4n) is 2.25. The highest BCUT2D eigenvalue weighted by atomic mass is 127. The maximum Gasteiger partial charge on any atom is 0.191 e. The highest BCUT2D eigenvalue weighted by molar-refractivity contribution is 14.0. The lowest BCUT2D eigenvalue weighted by atomic mass is 10.1. The molecule has 2 N–H and O–H groups in total. The first kappa shape index (κ1) is 18.1. The fourth-order valence-corrected chi connectivity index (χ4v) is 2.25. The van der Waals surface area contributed by atoms with Gasteiger partial charge in [0.25, 0.3) is 0 Å². The van der Waals surface area contributed by atoms with Gasteiger partial charge < -0.3 is 15.4 Å². The Morgan fingerprint density at radius 1 is 1.43 bits per heavy atom. The summed E-state index contributed by atoms with van der Waals surface area (Å²) in [5.74, 6) is 1.93. The van der Waals surface area contributed by atoms with Gasteiger partial charge in [-0.25, -0.2) is 0 Å². The van der Waals surface area contributed by atoms with Crippen molar-refractivity contribution in [1.82, 2.24) is 10.6 Å². The minimum absolute atomic E-state index is 0. The third-order valence-electron chi connectivity index (χ3n) is 3.68. The Bertz CT molecular complexity index is 477. The van der Waals surface area contributed by atoms with E-state index in [1.54, 1.807) is 0 Å². The highest BCUT2D eigenvalue weighted by Gasteiger charge is 2.11. The molecule has 0 aliphatic carbocycles. The van der Waals surface area contributed by atoms with Gasteiger partial charge in [0.05, 0.1) is 6.61 Å². The van der Waals surface area contributed by atoms with Gasteiger partial charge in [0.15, 0.2) is 5.96 Å². The molecule has 2 rings (SSSR count). The molecule has 1 aromatic rings. The summed E-state index contributed by atoms with van der Waals surface area (Å²) in [7, 11) is 1.81. The smallest absolute Gasteiger partial charge is 0.191 e. The van der Waals surface area contributed by atoms with Gasteiger partial charge in [-0.2, -0.15) is 0 Å². The fraction of sp³-hybridized carbons (Fsp3) is 0.562. The topological polar surface area (TPSA) is 45.7 Å². The van der Waals surface area contributed by atoms with E-state index in [0.29, 0.717) is 6.04 Å². The normalized spacial score (nSPS) is 14.7. The quantitative estimate of drug-likeness (QED) is 0.452. The van der Waals surface area contributed by atoms with Crippen molar-refractivity contribution in [1.29, 1.82) is 0 Å². The lowest BCUT2D eigenvalue weighted by Crippen LogP contribution is -2.42. The molecule has 0 spiro atoms. The van der Waals surface area contributed by atoms with Crippen LogP contribution in [0.1, 0.15) is 31.4 Å². The van der Waals surface area contributed by atoms with Crippen molar-refractivity contribution in [3.05, 3.63) is 29.3 Å². The summed E-state index contributed by atoms with van der Waals surface area (Å²) in [6.45, 7) is 6.03. The average Bonchev–Trinajstić information content (AvgIpc) is 2.93. The number of aliphatic imine (C=N–C) groups is 1. The number of halogens is 1. The summed E-state index contributed by atoms with van der Waals surface area (Å²) in [5, 5.41) is 6.72. The molecule has 0 saturated heterocycles. The molecular formula is C16H26IN3O. The molecule has 1 unspecified atom stereocenters. The van der Waals surface area contributed by atoms with Crippen LogP contribution in [-0.4, -0.2) is 32.2 Å². The van der Waals surface area contributed by atoms with Crippen LogP contribution < -0.4 is 15.4 Å². The summed E-state index contributed by atoms with van der Waals surface area (Å²) in [6, 6.07) is 6.94. The number of benzene rings is 1. The zero-order chi connectivity index (χ0) is 14.4. The zero-order valence-corrected chi connectivity index (χ0v) is 15.4. The molecule has 118 valence electrons. The summed E-state index contributed by atoms with van der Waals surface area (Å²) in [6.07, 6.45) is 3.12. The van der Waals surface area contributed by atoms with E-state index in [1.807, 2.05) is 7.05 Å². The van der Waals surface area contributed by atoms with Crippen molar-refractivity contribution in [2.24, 2.45) is 4.99 Å². The van der Waals surface area contributed by atoms with Crippen LogP contribution in [0.25, 0.3) is 0 Å². The van der Waals surface area contributed by atoms with Gasteiger partial charge in [-0.1, -0.05) is 19.1 Å². The van der Waals surface area contributed by atoms with Crippen LogP contribution in [0.2, 0.25) is 0 Å². The van der Waals surface area contributed by atoms with Crippen molar-refractivity contribution >= 4 is 29.9 Å². The van der Waals surface area contributed by atoms with Gasteiger partial charge in [0.2, 0.25) is 0 Å². The molecule has 1 aliphatic rings. The summed E-state index contributed by atoms with van der Waals surface area (Å²) < 4.78 is 5.52. The van der Waals surface area contributed by atoms with Gasteiger partial charge in [0.1, 0.15) is 5.75 Å². The van der Waals surface area contributed by atoms with E-state index in [2.05, 4.69) is 47.7 Å². The van der Waals surface area contributed by atoms with Crippen molar-refractivity contribution in [2.45, 2.75) is 39.2 Å². The molecule has 5 heteroatoms. The van der Waals surface area contributed by atoms with Crippen LogP contribution in [-0.2, 0) is 12.8 Å². The minimum atomic E-state index is 0. The summed E-state index contributed by atoms with van der Waals surface area (Å²) in [4.78, 5) is 4.24. The van der Waals surface area contributed by atoms with Crippen LogP contribution >= 0.6 is 24.0 Å². The second-order valence-electron chi connectivity index (χ2n) is 5.24. The van der Waals surface area contributed by atoms with Gasteiger partial charge in [-0.15, -0.1) is 24.0 Å². The molecule has 21 heavy (non-hydrogen) atoms. The van der Waals surface area contributed by atoms with E-state index >= 15 is 0 Å². The molecule has 1 aliphatic heterocycles. The Balaban J connectivity index is 0.00000220. The molecule has 0 saturated carbocycles. The molecule has 1 aromatic carbocycles.